The zero-order chi connectivity index (χ0) is 15.2. The van der Waals surface area contributed by atoms with Crippen LogP contribution in [0.3, 0.4) is 0 Å². The van der Waals surface area contributed by atoms with E-state index in [1.807, 2.05) is 0 Å². The second kappa shape index (κ2) is 7.63. The largest absolute Gasteiger partial charge is 0.484 e. The highest BCUT2D eigenvalue weighted by molar-refractivity contribution is 9.13. The third-order valence-electron chi connectivity index (χ3n) is 2.21. The highest BCUT2D eigenvalue weighted by Gasteiger charge is 2.04. The van der Waals surface area contributed by atoms with Crippen LogP contribution < -0.4 is 10.2 Å². The molecule has 0 atom stereocenters. The molecule has 0 saturated carbocycles. The number of benzene rings is 1. The van der Waals surface area contributed by atoms with Crippen LogP contribution in [0.15, 0.2) is 49.0 Å². The molecule has 2 aromatic rings. The summed E-state index contributed by atoms with van der Waals surface area (Å²) in [6.45, 7) is -0.163. The summed E-state index contributed by atoms with van der Waals surface area (Å²) in [5, 5.41) is 4.30. The molecule has 0 aliphatic heterocycles. The van der Waals surface area contributed by atoms with Gasteiger partial charge in [0.1, 0.15) is 11.5 Å². The Bertz CT molecular complexity index is 654. The normalized spacial score (nSPS) is 10.8. The molecule has 0 aliphatic rings. The Morgan fingerprint density at radius 3 is 2.90 bits per heavy atom. The van der Waals surface area contributed by atoms with Crippen molar-refractivity contribution in [1.82, 2.24) is 5.43 Å². The summed E-state index contributed by atoms with van der Waals surface area (Å²) in [6, 6.07) is 8.50. The van der Waals surface area contributed by atoms with Gasteiger partial charge in [-0.2, -0.15) is 5.10 Å². The van der Waals surface area contributed by atoms with Crippen LogP contribution in [0.1, 0.15) is 5.76 Å². The summed E-state index contributed by atoms with van der Waals surface area (Å²) in [5.74, 6) is 0.612. The molecule has 8 heteroatoms. The van der Waals surface area contributed by atoms with E-state index in [2.05, 4.69) is 42.4 Å². The van der Waals surface area contributed by atoms with Gasteiger partial charge in [0, 0.05) is 11.1 Å². The van der Waals surface area contributed by atoms with E-state index in [1.54, 1.807) is 30.3 Å². The fraction of sp³-hybridized carbons (Fsp3) is 0.0769. The molecule has 0 unspecified atom stereocenters. The summed E-state index contributed by atoms with van der Waals surface area (Å²) in [6.07, 6.45) is 1.38. The Morgan fingerprint density at radius 2 is 2.24 bits per heavy atom. The van der Waals surface area contributed by atoms with Gasteiger partial charge in [0.15, 0.2) is 11.3 Å². The average molecular weight is 436 g/mol. The van der Waals surface area contributed by atoms with Gasteiger partial charge >= 0.3 is 0 Å². The number of rotatable bonds is 5. The minimum absolute atomic E-state index is 0.163. The van der Waals surface area contributed by atoms with Crippen molar-refractivity contribution >= 4 is 55.6 Å². The van der Waals surface area contributed by atoms with E-state index in [0.717, 1.165) is 4.47 Å². The predicted molar refractivity (Wildman–Crippen MR) is 86.8 cm³/mol. The van der Waals surface area contributed by atoms with Gasteiger partial charge in [0.05, 0.1) is 10.7 Å². The van der Waals surface area contributed by atoms with Crippen molar-refractivity contribution in [2.24, 2.45) is 5.10 Å². The second-order valence-electron chi connectivity index (χ2n) is 3.81. The van der Waals surface area contributed by atoms with Gasteiger partial charge < -0.3 is 9.15 Å². The SMILES string of the molecule is O=C(COc1cccc(Cl)c1)NN=Cc1cc(Br)c(Br)o1. The van der Waals surface area contributed by atoms with Crippen molar-refractivity contribution in [2.75, 3.05) is 6.61 Å². The number of amides is 1. The number of carbonyl (C=O) groups is 1. The summed E-state index contributed by atoms with van der Waals surface area (Å²) in [5.41, 5.74) is 2.33. The van der Waals surface area contributed by atoms with Crippen LogP contribution in [-0.2, 0) is 4.79 Å². The zero-order valence-electron chi connectivity index (χ0n) is 10.5. The van der Waals surface area contributed by atoms with Crippen molar-refractivity contribution in [2.45, 2.75) is 0 Å². The average Bonchev–Trinajstić information content (AvgIpc) is 2.75. The number of hydrazone groups is 1. The molecule has 0 fully saturated rings. The van der Waals surface area contributed by atoms with Crippen molar-refractivity contribution in [3.8, 4) is 5.75 Å². The minimum atomic E-state index is -0.393. The van der Waals surface area contributed by atoms with Crippen molar-refractivity contribution in [3.05, 3.63) is 50.3 Å². The standard InChI is InChI=1S/C13H9Br2ClN2O3/c14-11-5-10(21-13(11)15)6-17-18-12(19)7-20-9-3-1-2-8(16)4-9/h1-6H,7H2,(H,18,19). The summed E-state index contributed by atoms with van der Waals surface area (Å²) >= 11 is 12.3. The van der Waals surface area contributed by atoms with Crippen LogP contribution >= 0.6 is 43.5 Å². The molecular formula is C13H9Br2ClN2O3. The molecule has 0 radical (unpaired) electrons. The second-order valence-corrected chi connectivity index (χ2v) is 5.82. The van der Waals surface area contributed by atoms with Crippen LogP contribution in [0.2, 0.25) is 5.02 Å². The fourth-order valence-corrected chi connectivity index (χ4v) is 2.12. The molecule has 1 heterocycles. The van der Waals surface area contributed by atoms with Crippen molar-refractivity contribution in [1.29, 1.82) is 0 Å². The number of ether oxygens (including phenoxy) is 1. The quantitative estimate of drug-likeness (QED) is 0.570. The van der Waals surface area contributed by atoms with Gasteiger partial charge in [0.2, 0.25) is 0 Å². The molecule has 1 aromatic heterocycles. The molecular weight excluding hydrogens is 427 g/mol. The molecule has 0 aliphatic carbocycles. The Kier molecular flexibility index (Phi) is 5.84. The maximum Gasteiger partial charge on any atom is 0.277 e. The molecule has 2 rings (SSSR count). The minimum Gasteiger partial charge on any atom is -0.484 e. The van der Waals surface area contributed by atoms with Gasteiger partial charge in [-0.15, -0.1) is 0 Å². The number of nitrogens with one attached hydrogen (secondary N) is 1. The third kappa shape index (κ3) is 5.18. The van der Waals surface area contributed by atoms with E-state index < -0.39 is 5.91 Å². The summed E-state index contributed by atoms with van der Waals surface area (Å²) in [4.78, 5) is 11.5. The van der Waals surface area contributed by atoms with Gasteiger partial charge in [-0.05, 0) is 50.1 Å². The molecule has 1 aromatic carbocycles. The monoisotopic (exact) mass is 434 g/mol. The first-order valence-corrected chi connectivity index (χ1v) is 7.66. The van der Waals surface area contributed by atoms with E-state index in [-0.39, 0.29) is 6.61 Å². The molecule has 0 bridgehead atoms. The number of furan rings is 1. The maximum atomic E-state index is 11.5. The van der Waals surface area contributed by atoms with Gasteiger partial charge in [0.25, 0.3) is 5.91 Å². The number of halogens is 3. The number of hydrogen-bond acceptors (Lipinski definition) is 4. The van der Waals surface area contributed by atoms with E-state index in [9.17, 15) is 4.79 Å². The topological polar surface area (TPSA) is 63.8 Å². The molecule has 1 amide bonds. The first-order chi connectivity index (χ1) is 10.0. The number of nitrogens with zero attached hydrogens (tertiary/aromatic N) is 1. The molecule has 0 saturated heterocycles. The van der Waals surface area contributed by atoms with Crippen LogP contribution in [-0.4, -0.2) is 18.7 Å². The van der Waals surface area contributed by atoms with E-state index in [0.29, 0.717) is 21.2 Å². The van der Waals surface area contributed by atoms with E-state index >= 15 is 0 Å². The van der Waals surface area contributed by atoms with Crippen LogP contribution in [0.5, 0.6) is 5.75 Å². The number of carbonyl (C=O) groups excluding carboxylic acids is 1. The Morgan fingerprint density at radius 1 is 1.43 bits per heavy atom. The number of hydrogen-bond donors (Lipinski definition) is 1. The zero-order valence-corrected chi connectivity index (χ0v) is 14.4. The highest BCUT2D eigenvalue weighted by Crippen LogP contribution is 2.25. The van der Waals surface area contributed by atoms with Gasteiger partial charge in [-0.25, -0.2) is 5.43 Å². The first-order valence-electron chi connectivity index (χ1n) is 5.69. The lowest BCUT2D eigenvalue weighted by atomic mass is 10.3. The Balaban J connectivity index is 1.79. The molecule has 21 heavy (non-hydrogen) atoms. The lowest BCUT2D eigenvalue weighted by molar-refractivity contribution is -0.123. The Hall–Kier alpha value is -1.31. The molecule has 110 valence electrons. The smallest absolute Gasteiger partial charge is 0.277 e. The molecule has 1 N–H and O–H groups in total. The lowest BCUT2D eigenvalue weighted by Gasteiger charge is -2.04. The lowest BCUT2D eigenvalue weighted by Crippen LogP contribution is -2.24. The van der Waals surface area contributed by atoms with Crippen LogP contribution in [0.4, 0.5) is 0 Å². The highest BCUT2D eigenvalue weighted by atomic mass is 79.9. The third-order valence-corrected chi connectivity index (χ3v) is 4.16. The predicted octanol–water partition coefficient (Wildman–Crippen LogP) is 3.99. The molecule has 5 nitrogen and oxygen atoms in total. The maximum absolute atomic E-state index is 11.5. The summed E-state index contributed by atoms with van der Waals surface area (Å²) in [7, 11) is 0. The van der Waals surface area contributed by atoms with Gasteiger partial charge in [-0.3, -0.25) is 4.79 Å². The van der Waals surface area contributed by atoms with Gasteiger partial charge in [-0.1, -0.05) is 17.7 Å². The summed E-state index contributed by atoms with van der Waals surface area (Å²) < 4.78 is 11.8. The molecule has 0 spiro atoms. The first kappa shape index (κ1) is 16.1. The van der Waals surface area contributed by atoms with E-state index in [4.69, 9.17) is 20.8 Å². The Labute approximate surface area is 142 Å². The van der Waals surface area contributed by atoms with Crippen molar-refractivity contribution in [3.63, 3.8) is 0 Å². The van der Waals surface area contributed by atoms with Crippen LogP contribution in [0.25, 0.3) is 0 Å². The van der Waals surface area contributed by atoms with Crippen molar-refractivity contribution < 1.29 is 13.9 Å². The van der Waals surface area contributed by atoms with E-state index in [1.165, 1.54) is 6.21 Å². The van der Waals surface area contributed by atoms with Crippen LogP contribution in [0, 0.1) is 0 Å². The fourth-order valence-electron chi connectivity index (χ4n) is 1.33.